The first-order valence-corrected chi connectivity index (χ1v) is 6.78. The van der Waals surface area contributed by atoms with E-state index >= 15 is 0 Å². The maximum absolute atomic E-state index is 10.8. The van der Waals surface area contributed by atoms with Gasteiger partial charge in [0.15, 0.2) is 0 Å². The molecule has 0 bridgehead atoms. The standard InChI is InChI=1S/C14H22N2O4/c1-3-4-8-20-14-6-5-13(16(17)18)10-12(14)11-15-7-9-19-2/h5-6,10,15H,3-4,7-9,11H2,1-2H3. The predicted molar refractivity (Wildman–Crippen MR) is 77.1 cm³/mol. The highest BCUT2D eigenvalue weighted by Gasteiger charge is 2.11. The normalized spacial score (nSPS) is 10.5. The quantitative estimate of drug-likeness (QED) is 0.405. The molecule has 6 heteroatoms. The summed E-state index contributed by atoms with van der Waals surface area (Å²) >= 11 is 0. The van der Waals surface area contributed by atoms with Crippen LogP contribution in [0.3, 0.4) is 0 Å². The summed E-state index contributed by atoms with van der Waals surface area (Å²) in [4.78, 5) is 10.4. The third-order valence-corrected chi connectivity index (χ3v) is 2.81. The Balaban J connectivity index is 2.72. The molecular formula is C14H22N2O4. The average Bonchev–Trinajstić information content (AvgIpc) is 2.44. The largest absolute Gasteiger partial charge is 0.493 e. The van der Waals surface area contributed by atoms with Crippen molar-refractivity contribution in [3.8, 4) is 5.75 Å². The number of non-ortho nitro benzene ring substituents is 1. The van der Waals surface area contributed by atoms with E-state index in [4.69, 9.17) is 9.47 Å². The molecule has 0 radical (unpaired) electrons. The molecule has 0 atom stereocenters. The summed E-state index contributed by atoms with van der Waals surface area (Å²) in [6.45, 7) is 4.52. The molecule has 0 heterocycles. The summed E-state index contributed by atoms with van der Waals surface area (Å²) in [5.74, 6) is 0.703. The molecule has 0 aromatic heterocycles. The molecule has 0 spiro atoms. The van der Waals surface area contributed by atoms with E-state index in [0.717, 1.165) is 18.4 Å². The fourth-order valence-corrected chi connectivity index (χ4v) is 1.68. The van der Waals surface area contributed by atoms with Gasteiger partial charge >= 0.3 is 0 Å². The number of methoxy groups -OCH3 is 1. The number of unbranched alkanes of at least 4 members (excludes halogenated alkanes) is 1. The Morgan fingerprint density at radius 1 is 1.35 bits per heavy atom. The molecule has 0 aliphatic carbocycles. The van der Waals surface area contributed by atoms with Gasteiger partial charge in [-0.1, -0.05) is 13.3 Å². The first kappa shape index (κ1) is 16.4. The van der Waals surface area contributed by atoms with Gasteiger partial charge in [-0.3, -0.25) is 10.1 Å². The van der Waals surface area contributed by atoms with Crippen molar-refractivity contribution in [2.45, 2.75) is 26.3 Å². The van der Waals surface area contributed by atoms with Crippen LogP contribution in [0, 0.1) is 10.1 Å². The Morgan fingerprint density at radius 3 is 2.80 bits per heavy atom. The number of hydrogen-bond acceptors (Lipinski definition) is 5. The lowest BCUT2D eigenvalue weighted by atomic mass is 10.1. The minimum Gasteiger partial charge on any atom is -0.493 e. The molecule has 1 aromatic rings. The summed E-state index contributed by atoms with van der Waals surface area (Å²) in [5, 5.41) is 14.0. The van der Waals surface area contributed by atoms with Crippen LogP contribution in [-0.4, -0.2) is 31.8 Å². The number of nitro benzene ring substituents is 1. The van der Waals surface area contributed by atoms with Crippen LogP contribution in [0.2, 0.25) is 0 Å². The average molecular weight is 282 g/mol. The molecule has 0 unspecified atom stereocenters. The van der Waals surface area contributed by atoms with Crippen molar-refractivity contribution < 1.29 is 14.4 Å². The molecule has 1 aromatic carbocycles. The van der Waals surface area contributed by atoms with Gasteiger partial charge in [-0.05, 0) is 12.5 Å². The minimum absolute atomic E-state index is 0.0800. The third-order valence-electron chi connectivity index (χ3n) is 2.81. The molecule has 1 rings (SSSR count). The second kappa shape index (κ2) is 9.28. The first-order valence-electron chi connectivity index (χ1n) is 6.78. The third kappa shape index (κ3) is 5.54. The number of benzene rings is 1. The molecule has 0 amide bonds. The van der Waals surface area contributed by atoms with Crippen LogP contribution in [-0.2, 0) is 11.3 Å². The van der Waals surface area contributed by atoms with Gasteiger partial charge in [-0.25, -0.2) is 0 Å². The van der Waals surface area contributed by atoms with Gasteiger partial charge in [-0.15, -0.1) is 0 Å². The Bertz CT molecular complexity index is 424. The van der Waals surface area contributed by atoms with Crippen LogP contribution in [0.1, 0.15) is 25.3 Å². The van der Waals surface area contributed by atoms with Crippen molar-refractivity contribution in [3.63, 3.8) is 0 Å². The van der Waals surface area contributed by atoms with E-state index in [9.17, 15) is 10.1 Å². The van der Waals surface area contributed by atoms with E-state index < -0.39 is 4.92 Å². The number of nitrogens with zero attached hydrogens (tertiary/aromatic N) is 1. The lowest BCUT2D eigenvalue weighted by molar-refractivity contribution is -0.384. The molecule has 0 aliphatic rings. The van der Waals surface area contributed by atoms with E-state index in [1.54, 1.807) is 19.2 Å². The molecule has 20 heavy (non-hydrogen) atoms. The Hall–Kier alpha value is -1.66. The zero-order valence-corrected chi connectivity index (χ0v) is 12.1. The van der Waals surface area contributed by atoms with Crippen molar-refractivity contribution >= 4 is 5.69 Å². The minimum atomic E-state index is -0.394. The monoisotopic (exact) mass is 282 g/mol. The molecule has 0 saturated carbocycles. The van der Waals surface area contributed by atoms with Crippen LogP contribution in [0.4, 0.5) is 5.69 Å². The fourth-order valence-electron chi connectivity index (χ4n) is 1.68. The topological polar surface area (TPSA) is 73.6 Å². The van der Waals surface area contributed by atoms with Crippen LogP contribution >= 0.6 is 0 Å². The zero-order chi connectivity index (χ0) is 14.8. The lowest BCUT2D eigenvalue weighted by Crippen LogP contribution is -2.19. The number of ether oxygens (including phenoxy) is 2. The Labute approximate surface area is 119 Å². The molecule has 0 aliphatic heterocycles. The van der Waals surface area contributed by atoms with Gasteiger partial charge in [0.25, 0.3) is 5.69 Å². The van der Waals surface area contributed by atoms with Crippen molar-refractivity contribution in [3.05, 3.63) is 33.9 Å². The summed E-state index contributed by atoms with van der Waals surface area (Å²) < 4.78 is 10.6. The van der Waals surface area contributed by atoms with Gasteiger partial charge in [-0.2, -0.15) is 0 Å². The maximum Gasteiger partial charge on any atom is 0.270 e. The second-order valence-electron chi connectivity index (χ2n) is 4.42. The lowest BCUT2D eigenvalue weighted by Gasteiger charge is -2.12. The molecule has 1 N–H and O–H groups in total. The van der Waals surface area contributed by atoms with E-state index in [0.29, 0.717) is 32.1 Å². The fraction of sp³-hybridized carbons (Fsp3) is 0.571. The molecule has 0 fully saturated rings. The van der Waals surface area contributed by atoms with Gasteiger partial charge < -0.3 is 14.8 Å². The Kier molecular flexibility index (Phi) is 7.60. The summed E-state index contributed by atoms with van der Waals surface area (Å²) in [7, 11) is 1.63. The highest BCUT2D eigenvalue weighted by Crippen LogP contribution is 2.24. The van der Waals surface area contributed by atoms with Crippen LogP contribution in [0.25, 0.3) is 0 Å². The highest BCUT2D eigenvalue weighted by atomic mass is 16.6. The van der Waals surface area contributed by atoms with Crippen molar-refractivity contribution in [1.29, 1.82) is 0 Å². The van der Waals surface area contributed by atoms with E-state index in [1.807, 2.05) is 0 Å². The van der Waals surface area contributed by atoms with Gasteiger partial charge in [0.2, 0.25) is 0 Å². The Morgan fingerprint density at radius 2 is 2.15 bits per heavy atom. The summed E-state index contributed by atoms with van der Waals surface area (Å²) in [6, 6.07) is 4.70. The second-order valence-corrected chi connectivity index (χ2v) is 4.42. The zero-order valence-electron chi connectivity index (χ0n) is 12.1. The first-order chi connectivity index (χ1) is 9.69. The summed E-state index contributed by atoms with van der Waals surface area (Å²) in [5.41, 5.74) is 0.878. The van der Waals surface area contributed by atoms with E-state index in [2.05, 4.69) is 12.2 Å². The molecule has 112 valence electrons. The SMILES string of the molecule is CCCCOc1ccc([N+](=O)[O-])cc1CNCCOC. The van der Waals surface area contributed by atoms with Gasteiger partial charge in [0.1, 0.15) is 5.75 Å². The number of nitrogens with one attached hydrogen (secondary N) is 1. The number of rotatable bonds is 10. The molecule has 6 nitrogen and oxygen atoms in total. The van der Waals surface area contributed by atoms with Crippen LogP contribution < -0.4 is 10.1 Å². The predicted octanol–water partition coefficient (Wildman–Crippen LogP) is 2.51. The smallest absolute Gasteiger partial charge is 0.270 e. The number of hydrogen-bond donors (Lipinski definition) is 1. The number of nitro groups is 1. The van der Waals surface area contributed by atoms with Gasteiger partial charge in [0, 0.05) is 37.9 Å². The molecular weight excluding hydrogens is 260 g/mol. The van der Waals surface area contributed by atoms with E-state index in [-0.39, 0.29) is 5.69 Å². The van der Waals surface area contributed by atoms with Crippen LogP contribution in [0.5, 0.6) is 5.75 Å². The van der Waals surface area contributed by atoms with Crippen molar-refractivity contribution in [2.24, 2.45) is 0 Å². The molecule has 0 saturated heterocycles. The van der Waals surface area contributed by atoms with E-state index in [1.165, 1.54) is 6.07 Å². The van der Waals surface area contributed by atoms with Gasteiger partial charge in [0.05, 0.1) is 18.1 Å². The van der Waals surface area contributed by atoms with Crippen LogP contribution in [0.15, 0.2) is 18.2 Å². The van der Waals surface area contributed by atoms with Crippen molar-refractivity contribution in [1.82, 2.24) is 5.32 Å². The van der Waals surface area contributed by atoms with Crippen molar-refractivity contribution in [2.75, 3.05) is 26.9 Å². The highest BCUT2D eigenvalue weighted by molar-refractivity contribution is 5.43. The summed E-state index contributed by atoms with van der Waals surface area (Å²) in [6.07, 6.45) is 2.02. The maximum atomic E-state index is 10.8.